The Kier molecular flexibility index (Phi) is 4.57. The Hall–Kier alpha value is -2.87. The van der Waals surface area contributed by atoms with Gasteiger partial charge in [0.05, 0.1) is 16.8 Å². The first kappa shape index (κ1) is 17.5. The van der Waals surface area contributed by atoms with Crippen LogP contribution in [0.4, 0.5) is 0 Å². The predicted octanol–water partition coefficient (Wildman–Crippen LogP) is 2.38. The Morgan fingerprint density at radius 3 is 2.85 bits per heavy atom. The fourth-order valence-electron chi connectivity index (χ4n) is 3.48. The summed E-state index contributed by atoms with van der Waals surface area (Å²) in [5.74, 6) is -0.135. The zero-order chi connectivity index (χ0) is 19.0. The molecule has 4 heterocycles. The van der Waals surface area contributed by atoms with Crippen LogP contribution in [0.3, 0.4) is 0 Å². The Balaban J connectivity index is 1.64. The van der Waals surface area contributed by atoms with Gasteiger partial charge in [-0.1, -0.05) is 6.07 Å². The molecule has 0 aliphatic carbocycles. The summed E-state index contributed by atoms with van der Waals surface area (Å²) in [7, 11) is 1.63. The number of thiophene rings is 1. The molecule has 3 aromatic heterocycles. The first-order chi connectivity index (χ1) is 13.1. The van der Waals surface area contributed by atoms with Gasteiger partial charge in [-0.05, 0) is 25.0 Å². The number of rotatable bonds is 3. The molecule has 0 bridgehead atoms. The van der Waals surface area contributed by atoms with E-state index in [0.29, 0.717) is 23.7 Å². The van der Waals surface area contributed by atoms with Crippen molar-refractivity contribution in [1.82, 2.24) is 25.2 Å². The van der Waals surface area contributed by atoms with E-state index in [2.05, 4.69) is 20.3 Å². The number of carbonyl (C=O) groups is 2. The monoisotopic (exact) mass is 381 g/mol. The van der Waals surface area contributed by atoms with E-state index in [0.717, 1.165) is 27.9 Å². The first-order valence-electron chi connectivity index (χ1n) is 8.76. The molecule has 1 aliphatic heterocycles. The second-order valence-corrected chi connectivity index (χ2v) is 7.56. The van der Waals surface area contributed by atoms with Gasteiger partial charge in [-0.25, -0.2) is 9.97 Å². The maximum atomic E-state index is 12.7. The summed E-state index contributed by atoms with van der Waals surface area (Å²) in [6.07, 6.45) is 5.65. The van der Waals surface area contributed by atoms with Gasteiger partial charge in [-0.3, -0.25) is 14.6 Å². The minimum absolute atomic E-state index is 0.0950. The summed E-state index contributed by atoms with van der Waals surface area (Å²) < 4.78 is 0. The Morgan fingerprint density at radius 1 is 1.26 bits per heavy atom. The average molecular weight is 381 g/mol. The number of hydrogen-bond donors (Lipinski definition) is 1. The van der Waals surface area contributed by atoms with Crippen LogP contribution in [0.1, 0.15) is 43.8 Å². The largest absolute Gasteiger partial charge is 0.354 e. The molecule has 0 aromatic carbocycles. The third kappa shape index (κ3) is 3.16. The molecule has 1 atom stereocenters. The molecule has 1 fully saturated rings. The number of amides is 2. The molecule has 1 saturated heterocycles. The topological polar surface area (TPSA) is 88.1 Å². The lowest BCUT2D eigenvalue weighted by molar-refractivity contribution is 0.0784. The number of carbonyl (C=O) groups excluding carboxylic acids is 2. The Bertz CT molecular complexity index is 1010. The summed E-state index contributed by atoms with van der Waals surface area (Å²) in [6, 6.07) is 3.88. The standard InChI is InChI=1S/C19H19N5O2S/c1-11-8-23-14(9-22-11)19(26)24-7-5-12(10-24)15-13-4-3-6-21-18(13)27-16(15)17(25)20-2/h3-4,6,8-9,12H,5,7,10H2,1-2H3,(H,20,25)/t12-/m1/s1. The molecule has 27 heavy (non-hydrogen) atoms. The molecule has 0 unspecified atom stereocenters. The number of hydrogen-bond acceptors (Lipinski definition) is 6. The van der Waals surface area contributed by atoms with Gasteiger partial charge < -0.3 is 10.2 Å². The van der Waals surface area contributed by atoms with Crippen LogP contribution in [-0.4, -0.2) is 51.8 Å². The van der Waals surface area contributed by atoms with Gasteiger partial charge >= 0.3 is 0 Å². The lowest BCUT2D eigenvalue weighted by Gasteiger charge is -2.16. The maximum absolute atomic E-state index is 12.7. The minimum atomic E-state index is -0.121. The number of nitrogens with one attached hydrogen (secondary N) is 1. The van der Waals surface area contributed by atoms with E-state index in [4.69, 9.17) is 0 Å². The Morgan fingerprint density at radius 2 is 2.11 bits per heavy atom. The smallest absolute Gasteiger partial charge is 0.274 e. The molecule has 1 aliphatic rings. The highest BCUT2D eigenvalue weighted by atomic mass is 32.1. The van der Waals surface area contributed by atoms with Crippen molar-refractivity contribution >= 4 is 33.4 Å². The second kappa shape index (κ2) is 7.03. The summed E-state index contributed by atoms with van der Waals surface area (Å²) in [5.41, 5.74) is 2.12. The molecule has 0 spiro atoms. The third-order valence-electron chi connectivity index (χ3n) is 4.82. The highest BCUT2D eigenvalue weighted by Crippen LogP contribution is 2.39. The van der Waals surface area contributed by atoms with Crippen LogP contribution in [0.5, 0.6) is 0 Å². The predicted molar refractivity (Wildman–Crippen MR) is 103 cm³/mol. The molecule has 2 amide bonds. The lowest BCUT2D eigenvalue weighted by Crippen LogP contribution is -2.29. The van der Waals surface area contributed by atoms with E-state index < -0.39 is 0 Å². The third-order valence-corrected chi connectivity index (χ3v) is 5.95. The van der Waals surface area contributed by atoms with Crippen LogP contribution in [0.15, 0.2) is 30.7 Å². The average Bonchev–Trinajstić information content (AvgIpc) is 3.32. The second-order valence-electron chi connectivity index (χ2n) is 6.56. The van der Waals surface area contributed by atoms with Gasteiger partial charge in [-0.2, -0.15) is 0 Å². The number of fused-ring (bicyclic) bond motifs is 1. The summed E-state index contributed by atoms with van der Waals surface area (Å²) in [5, 5.41) is 3.71. The van der Waals surface area contributed by atoms with Gasteiger partial charge in [0, 0.05) is 43.8 Å². The normalized spacial score (nSPS) is 16.7. The van der Waals surface area contributed by atoms with Crippen molar-refractivity contribution in [3.63, 3.8) is 0 Å². The molecule has 7 nitrogen and oxygen atoms in total. The molecular weight excluding hydrogens is 362 g/mol. The van der Waals surface area contributed by atoms with Gasteiger partial charge in [0.2, 0.25) is 0 Å². The van der Waals surface area contributed by atoms with Crippen LogP contribution < -0.4 is 5.32 Å². The van der Waals surface area contributed by atoms with Crippen LogP contribution in [0.2, 0.25) is 0 Å². The fourth-order valence-corrected chi connectivity index (χ4v) is 4.66. The van der Waals surface area contributed by atoms with Gasteiger partial charge in [0.15, 0.2) is 0 Å². The lowest BCUT2D eigenvalue weighted by atomic mass is 9.95. The van der Waals surface area contributed by atoms with Crippen LogP contribution in [0.25, 0.3) is 10.2 Å². The van der Waals surface area contributed by atoms with Crippen molar-refractivity contribution in [3.8, 4) is 0 Å². The van der Waals surface area contributed by atoms with Crippen LogP contribution in [0, 0.1) is 6.92 Å². The van der Waals surface area contributed by atoms with Crippen molar-refractivity contribution < 1.29 is 9.59 Å². The van der Waals surface area contributed by atoms with Crippen molar-refractivity contribution in [1.29, 1.82) is 0 Å². The van der Waals surface area contributed by atoms with Gasteiger partial charge in [0.25, 0.3) is 11.8 Å². The highest BCUT2D eigenvalue weighted by Gasteiger charge is 2.33. The summed E-state index contributed by atoms with van der Waals surface area (Å²) in [4.78, 5) is 41.2. The van der Waals surface area contributed by atoms with E-state index in [1.54, 1.807) is 24.3 Å². The Labute approximate surface area is 160 Å². The van der Waals surface area contributed by atoms with Crippen LogP contribution >= 0.6 is 11.3 Å². The molecule has 1 N–H and O–H groups in total. The number of aromatic nitrogens is 3. The quantitative estimate of drug-likeness (QED) is 0.753. The van der Waals surface area contributed by atoms with Crippen molar-refractivity contribution in [2.75, 3.05) is 20.1 Å². The molecule has 0 saturated carbocycles. The van der Waals surface area contributed by atoms with Crippen molar-refractivity contribution in [2.24, 2.45) is 0 Å². The molecule has 3 aromatic rings. The molecule has 0 radical (unpaired) electrons. The van der Waals surface area contributed by atoms with E-state index in [1.807, 2.05) is 19.1 Å². The van der Waals surface area contributed by atoms with E-state index in [1.165, 1.54) is 17.5 Å². The number of likely N-dealkylation sites (tertiary alicyclic amines) is 1. The first-order valence-corrected chi connectivity index (χ1v) is 9.57. The zero-order valence-corrected chi connectivity index (χ0v) is 15.9. The van der Waals surface area contributed by atoms with Crippen molar-refractivity contribution in [2.45, 2.75) is 19.3 Å². The molecule has 8 heteroatoms. The van der Waals surface area contributed by atoms with E-state index in [9.17, 15) is 9.59 Å². The maximum Gasteiger partial charge on any atom is 0.274 e. The fraction of sp³-hybridized carbons (Fsp3) is 0.316. The zero-order valence-electron chi connectivity index (χ0n) is 15.1. The van der Waals surface area contributed by atoms with E-state index >= 15 is 0 Å². The van der Waals surface area contributed by atoms with Gasteiger partial charge in [0.1, 0.15) is 10.5 Å². The summed E-state index contributed by atoms with van der Waals surface area (Å²) >= 11 is 1.40. The van der Waals surface area contributed by atoms with E-state index in [-0.39, 0.29) is 17.7 Å². The van der Waals surface area contributed by atoms with Gasteiger partial charge in [-0.15, -0.1) is 11.3 Å². The molecule has 4 rings (SSSR count). The molecular formula is C19H19N5O2S. The SMILES string of the molecule is CNC(=O)c1sc2ncccc2c1[C@@H]1CCN(C(=O)c2cnc(C)cn2)C1. The minimum Gasteiger partial charge on any atom is -0.354 e. The van der Waals surface area contributed by atoms with Crippen molar-refractivity contribution in [3.05, 3.63) is 52.6 Å². The number of nitrogens with zero attached hydrogens (tertiary/aromatic N) is 4. The number of aryl methyl sites for hydroxylation is 1. The van der Waals surface area contributed by atoms with Crippen LogP contribution in [-0.2, 0) is 0 Å². The number of pyridine rings is 1. The highest BCUT2D eigenvalue weighted by molar-refractivity contribution is 7.20. The molecule has 138 valence electrons. The summed E-state index contributed by atoms with van der Waals surface area (Å²) in [6.45, 7) is 3.02.